The highest BCUT2D eigenvalue weighted by Gasteiger charge is 2.17. The molecule has 3 aromatic heterocycles. The standard InChI is InChI=1S/C15H17N5O3S2/c1-11-6-7-13(24-11)25(22,23)17-9-10-20-15(21)19(2)14(18-20)12-5-3-4-8-16-12/h3-8,17H,9-10H2,1-2H3. The van der Waals surface area contributed by atoms with Crippen LogP contribution in [0.4, 0.5) is 0 Å². The van der Waals surface area contributed by atoms with Gasteiger partial charge in [-0.15, -0.1) is 16.4 Å². The molecule has 0 saturated heterocycles. The first-order chi connectivity index (χ1) is 11.9. The van der Waals surface area contributed by atoms with Crippen molar-refractivity contribution >= 4 is 21.4 Å². The average Bonchev–Trinajstić information content (AvgIpc) is 3.15. The predicted octanol–water partition coefficient (Wildman–Crippen LogP) is 0.992. The zero-order chi connectivity index (χ0) is 18.0. The van der Waals surface area contributed by atoms with E-state index in [1.165, 1.54) is 20.6 Å². The van der Waals surface area contributed by atoms with E-state index in [1.807, 2.05) is 13.0 Å². The molecule has 0 bridgehead atoms. The maximum atomic E-state index is 12.3. The zero-order valence-electron chi connectivity index (χ0n) is 13.7. The van der Waals surface area contributed by atoms with E-state index >= 15 is 0 Å². The largest absolute Gasteiger partial charge is 0.346 e. The normalized spacial score (nSPS) is 11.8. The lowest BCUT2D eigenvalue weighted by atomic mass is 10.3. The Kier molecular flexibility index (Phi) is 4.84. The molecule has 0 spiro atoms. The molecule has 0 fully saturated rings. The second-order valence-electron chi connectivity index (χ2n) is 5.37. The maximum Gasteiger partial charge on any atom is 0.346 e. The smallest absolute Gasteiger partial charge is 0.277 e. The van der Waals surface area contributed by atoms with Crippen LogP contribution in [0.1, 0.15) is 4.88 Å². The van der Waals surface area contributed by atoms with Gasteiger partial charge in [-0.25, -0.2) is 22.6 Å². The van der Waals surface area contributed by atoms with E-state index in [-0.39, 0.29) is 23.0 Å². The van der Waals surface area contributed by atoms with Crippen molar-refractivity contribution in [1.82, 2.24) is 24.1 Å². The van der Waals surface area contributed by atoms with E-state index in [4.69, 9.17) is 0 Å². The van der Waals surface area contributed by atoms with Crippen LogP contribution in [0.25, 0.3) is 11.5 Å². The molecule has 0 unspecified atom stereocenters. The zero-order valence-corrected chi connectivity index (χ0v) is 15.3. The summed E-state index contributed by atoms with van der Waals surface area (Å²) in [7, 11) is -1.97. The molecule has 10 heteroatoms. The van der Waals surface area contributed by atoms with Crippen LogP contribution in [0.2, 0.25) is 0 Å². The Morgan fingerprint density at radius 3 is 2.68 bits per heavy atom. The molecular weight excluding hydrogens is 362 g/mol. The number of hydrogen-bond donors (Lipinski definition) is 1. The van der Waals surface area contributed by atoms with Gasteiger partial charge < -0.3 is 0 Å². The van der Waals surface area contributed by atoms with Gasteiger partial charge in [0.25, 0.3) is 0 Å². The first-order valence-corrected chi connectivity index (χ1v) is 9.80. The molecule has 0 atom stereocenters. The van der Waals surface area contributed by atoms with Crippen molar-refractivity contribution < 1.29 is 8.42 Å². The van der Waals surface area contributed by atoms with Crippen LogP contribution in [-0.2, 0) is 23.6 Å². The van der Waals surface area contributed by atoms with Crippen LogP contribution in [0.3, 0.4) is 0 Å². The van der Waals surface area contributed by atoms with Gasteiger partial charge in [0, 0.05) is 24.7 Å². The van der Waals surface area contributed by atoms with Crippen molar-refractivity contribution in [2.75, 3.05) is 6.54 Å². The number of nitrogens with zero attached hydrogens (tertiary/aromatic N) is 4. The fourth-order valence-electron chi connectivity index (χ4n) is 2.27. The molecule has 3 aromatic rings. The highest BCUT2D eigenvalue weighted by Crippen LogP contribution is 2.20. The third kappa shape index (κ3) is 3.70. The van der Waals surface area contributed by atoms with Crippen molar-refractivity contribution in [2.24, 2.45) is 7.05 Å². The van der Waals surface area contributed by atoms with Crippen LogP contribution < -0.4 is 10.4 Å². The quantitative estimate of drug-likeness (QED) is 0.689. The van der Waals surface area contributed by atoms with Crippen LogP contribution in [0.5, 0.6) is 0 Å². The molecular formula is C15H17N5O3S2. The summed E-state index contributed by atoms with van der Waals surface area (Å²) < 4.78 is 29.7. The van der Waals surface area contributed by atoms with Crippen molar-refractivity contribution in [1.29, 1.82) is 0 Å². The fraction of sp³-hybridized carbons (Fsp3) is 0.267. The van der Waals surface area contributed by atoms with Gasteiger partial charge in [-0.2, -0.15) is 0 Å². The monoisotopic (exact) mass is 379 g/mol. The molecule has 0 saturated carbocycles. The molecule has 25 heavy (non-hydrogen) atoms. The SMILES string of the molecule is Cc1ccc(S(=O)(=O)NCCn2nc(-c3ccccn3)n(C)c2=O)s1. The molecule has 132 valence electrons. The summed E-state index contributed by atoms with van der Waals surface area (Å²) in [6.07, 6.45) is 1.62. The van der Waals surface area contributed by atoms with E-state index in [2.05, 4.69) is 14.8 Å². The molecule has 0 aromatic carbocycles. The lowest BCUT2D eigenvalue weighted by Crippen LogP contribution is -2.31. The van der Waals surface area contributed by atoms with Gasteiger partial charge in [0.05, 0.1) is 6.54 Å². The molecule has 1 N–H and O–H groups in total. The van der Waals surface area contributed by atoms with Gasteiger partial charge in [0.2, 0.25) is 10.0 Å². The molecule has 8 nitrogen and oxygen atoms in total. The van der Waals surface area contributed by atoms with Crippen molar-refractivity contribution in [3.8, 4) is 11.5 Å². The molecule has 3 heterocycles. The minimum absolute atomic E-state index is 0.0673. The molecule has 0 radical (unpaired) electrons. The molecule has 0 aliphatic rings. The van der Waals surface area contributed by atoms with E-state index < -0.39 is 10.0 Å². The van der Waals surface area contributed by atoms with E-state index in [9.17, 15) is 13.2 Å². The average molecular weight is 379 g/mol. The van der Waals surface area contributed by atoms with Crippen LogP contribution in [0.15, 0.2) is 45.5 Å². The predicted molar refractivity (Wildman–Crippen MR) is 94.9 cm³/mol. The minimum atomic E-state index is -3.57. The first-order valence-electron chi connectivity index (χ1n) is 7.50. The number of aryl methyl sites for hydroxylation is 1. The second-order valence-corrected chi connectivity index (χ2v) is 8.65. The van der Waals surface area contributed by atoms with E-state index in [1.54, 1.807) is 37.5 Å². The van der Waals surface area contributed by atoms with Crippen LogP contribution >= 0.6 is 11.3 Å². The highest BCUT2D eigenvalue weighted by atomic mass is 32.2. The second kappa shape index (κ2) is 6.90. The Morgan fingerprint density at radius 2 is 2.04 bits per heavy atom. The number of rotatable bonds is 6. The first kappa shape index (κ1) is 17.5. The van der Waals surface area contributed by atoms with Crippen molar-refractivity contribution in [3.63, 3.8) is 0 Å². The Balaban J connectivity index is 1.73. The summed E-state index contributed by atoms with van der Waals surface area (Å²) in [6, 6.07) is 8.66. The fourth-order valence-corrected chi connectivity index (χ4v) is 4.61. The number of aromatic nitrogens is 4. The lowest BCUT2D eigenvalue weighted by molar-refractivity contribution is 0.552. The van der Waals surface area contributed by atoms with Crippen molar-refractivity contribution in [3.05, 3.63) is 51.9 Å². The minimum Gasteiger partial charge on any atom is -0.277 e. The summed E-state index contributed by atoms with van der Waals surface area (Å²) in [5.41, 5.74) is 0.252. The van der Waals surface area contributed by atoms with Crippen LogP contribution in [0, 0.1) is 6.92 Å². The van der Waals surface area contributed by atoms with E-state index in [0.717, 1.165) is 4.88 Å². The molecule has 0 aliphatic heterocycles. The van der Waals surface area contributed by atoms with Gasteiger partial charge in [-0.3, -0.25) is 9.55 Å². The molecule has 0 aliphatic carbocycles. The van der Waals surface area contributed by atoms with E-state index in [0.29, 0.717) is 11.5 Å². The number of pyridine rings is 1. The lowest BCUT2D eigenvalue weighted by Gasteiger charge is -2.04. The van der Waals surface area contributed by atoms with Gasteiger partial charge in [0.15, 0.2) is 5.82 Å². The van der Waals surface area contributed by atoms with Gasteiger partial charge in [-0.1, -0.05) is 6.07 Å². The van der Waals surface area contributed by atoms with Gasteiger partial charge >= 0.3 is 5.69 Å². The third-order valence-corrected chi connectivity index (χ3v) is 6.48. The number of nitrogens with one attached hydrogen (secondary N) is 1. The number of sulfonamides is 1. The maximum absolute atomic E-state index is 12.3. The Morgan fingerprint density at radius 1 is 1.24 bits per heavy atom. The summed E-state index contributed by atoms with van der Waals surface area (Å²) in [5.74, 6) is 0.433. The third-order valence-electron chi connectivity index (χ3n) is 3.53. The molecule has 0 amide bonds. The summed E-state index contributed by atoms with van der Waals surface area (Å²) in [5, 5.41) is 4.25. The Labute approximate surface area is 148 Å². The van der Waals surface area contributed by atoms with Crippen molar-refractivity contribution in [2.45, 2.75) is 17.7 Å². The summed E-state index contributed by atoms with van der Waals surface area (Å²) in [4.78, 5) is 17.4. The summed E-state index contributed by atoms with van der Waals surface area (Å²) >= 11 is 1.20. The topological polar surface area (TPSA) is 98.9 Å². The highest BCUT2D eigenvalue weighted by molar-refractivity contribution is 7.91. The Hall–Kier alpha value is -2.30. The molecule has 3 rings (SSSR count). The number of hydrogen-bond acceptors (Lipinski definition) is 6. The van der Waals surface area contributed by atoms with Gasteiger partial charge in [-0.05, 0) is 31.2 Å². The Bertz CT molecular complexity index is 1030. The summed E-state index contributed by atoms with van der Waals surface area (Å²) in [6.45, 7) is 2.04. The number of thiophene rings is 1. The van der Waals surface area contributed by atoms with Gasteiger partial charge in [0.1, 0.15) is 9.90 Å². The van der Waals surface area contributed by atoms with Crippen LogP contribution in [-0.4, -0.2) is 34.3 Å².